The fraction of sp³-hybridized carbons (Fsp3) is 0.241. The third-order valence-corrected chi connectivity index (χ3v) is 6.45. The number of fused-ring (bicyclic) bond motifs is 1. The molecule has 1 radical (unpaired) electrons. The molecule has 1 aliphatic heterocycles. The average Bonchev–Trinajstić information content (AvgIpc) is 3.12. The van der Waals surface area contributed by atoms with Gasteiger partial charge < -0.3 is 20.2 Å². The number of benzene rings is 3. The van der Waals surface area contributed by atoms with Crippen molar-refractivity contribution in [3.8, 4) is 5.75 Å². The van der Waals surface area contributed by atoms with Crippen molar-refractivity contribution >= 4 is 17.8 Å². The van der Waals surface area contributed by atoms with Crippen LogP contribution in [0.3, 0.4) is 0 Å². The van der Waals surface area contributed by atoms with Crippen LogP contribution in [0.25, 0.3) is 0 Å². The predicted octanol–water partition coefficient (Wildman–Crippen LogP) is 6.72. The number of ether oxygens (including phenoxy) is 1. The van der Waals surface area contributed by atoms with Gasteiger partial charge in [0.15, 0.2) is 11.6 Å². The third-order valence-electron chi connectivity index (χ3n) is 6.45. The van der Waals surface area contributed by atoms with Gasteiger partial charge in [-0.05, 0) is 80.3 Å². The van der Waals surface area contributed by atoms with Crippen molar-refractivity contribution in [2.24, 2.45) is 0 Å². The molecule has 3 aromatic carbocycles. The van der Waals surface area contributed by atoms with Crippen LogP contribution >= 0.6 is 0 Å². The molecule has 0 spiro atoms. The van der Waals surface area contributed by atoms with E-state index < -0.39 is 17.0 Å². The summed E-state index contributed by atoms with van der Waals surface area (Å²) in [5, 5.41) is 23.0. The number of nitrogens with zero attached hydrogens (tertiary/aromatic N) is 1. The minimum atomic E-state index is -0.801. The van der Waals surface area contributed by atoms with Gasteiger partial charge in [0.05, 0.1) is 7.11 Å². The van der Waals surface area contributed by atoms with Crippen LogP contribution < -0.4 is 9.64 Å². The minimum Gasteiger partial charge on any atom is -0.497 e. The minimum absolute atomic E-state index is 0. The topological polar surface area (TPSA) is 80.4 Å². The van der Waals surface area contributed by atoms with Crippen LogP contribution in [0.2, 0.25) is 0 Å². The number of hydrogen-bond acceptors (Lipinski definition) is 4. The SMILES string of the molecule is CCN1/C(=C\C=N)C(C)(Cc2ccc(C)c(F)c2F)c2cc(OC)ccc21.N=C(O)c1ccccc1.[Co]. The summed E-state index contributed by atoms with van der Waals surface area (Å²) in [5.74, 6) is -1.27. The molecule has 5 nitrogen and oxygen atoms in total. The zero-order valence-corrected chi connectivity index (χ0v) is 22.3. The molecule has 3 N–H and O–H groups in total. The zero-order chi connectivity index (χ0) is 26.5. The van der Waals surface area contributed by atoms with Crippen molar-refractivity contribution in [3.63, 3.8) is 0 Å². The molecule has 0 saturated heterocycles. The Labute approximate surface area is 227 Å². The van der Waals surface area contributed by atoms with Gasteiger partial charge in [0.2, 0.25) is 5.90 Å². The second kappa shape index (κ2) is 12.6. The molecular weight excluding hydrogens is 519 g/mol. The summed E-state index contributed by atoms with van der Waals surface area (Å²) in [4.78, 5) is 2.11. The molecule has 0 aromatic heterocycles. The first-order valence-electron chi connectivity index (χ1n) is 11.6. The Morgan fingerprint density at radius 2 is 1.76 bits per heavy atom. The quantitative estimate of drug-likeness (QED) is 0.235. The molecule has 1 unspecified atom stereocenters. The van der Waals surface area contributed by atoms with Crippen molar-refractivity contribution in [2.75, 3.05) is 18.6 Å². The van der Waals surface area contributed by atoms with Gasteiger partial charge in [-0.15, -0.1) is 0 Å². The van der Waals surface area contributed by atoms with E-state index in [4.69, 9.17) is 20.7 Å². The molecule has 1 atom stereocenters. The molecule has 8 heteroatoms. The van der Waals surface area contributed by atoms with E-state index in [9.17, 15) is 8.78 Å². The molecule has 197 valence electrons. The number of likely N-dealkylation sites (N-methyl/N-ethyl adjacent to an activating group) is 1. The molecule has 0 bridgehead atoms. The van der Waals surface area contributed by atoms with Gasteiger partial charge in [-0.25, -0.2) is 8.78 Å². The standard InChI is InChI=1S/C22H24F2N2O.C7H7NO.Co/c1-5-26-18-9-8-16(27-4)12-17(18)22(3,19(26)10-11-25)13-15-7-6-14(2)20(23)21(15)24;8-7(9)6-4-2-1-3-5-6;/h6-12,25H,5,13H2,1-4H3;1-5H,(H2,8,9);/b19-10-,25-11?;;. The maximum atomic E-state index is 14.6. The molecule has 0 fully saturated rings. The van der Waals surface area contributed by atoms with Crippen LogP contribution in [0.15, 0.2) is 72.4 Å². The van der Waals surface area contributed by atoms with Gasteiger partial charge in [0, 0.05) is 51.9 Å². The Bertz CT molecular complexity index is 1300. The van der Waals surface area contributed by atoms with E-state index in [1.807, 2.05) is 38.1 Å². The number of anilines is 1. The number of rotatable bonds is 6. The number of allylic oxidation sites excluding steroid dienone is 2. The van der Waals surface area contributed by atoms with Crippen molar-refractivity contribution in [1.82, 2.24) is 0 Å². The van der Waals surface area contributed by atoms with E-state index in [0.29, 0.717) is 29.0 Å². The number of aryl methyl sites for hydroxylation is 1. The fourth-order valence-electron chi connectivity index (χ4n) is 4.56. The molecule has 3 aromatic rings. The van der Waals surface area contributed by atoms with Crippen LogP contribution in [0, 0.1) is 29.4 Å². The van der Waals surface area contributed by atoms with Crippen molar-refractivity contribution < 1.29 is 35.4 Å². The van der Waals surface area contributed by atoms with Gasteiger partial charge in [0.25, 0.3) is 0 Å². The number of nitrogens with one attached hydrogen (secondary N) is 2. The van der Waals surface area contributed by atoms with Crippen molar-refractivity contribution in [1.29, 1.82) is 10.8 Å². The molecule has 37 heavy (non-hydrogen) atoms. The molecule has 1 aliphatic rings. The summed E-state index contributed by atoms with van der Waals surface area (Å²) < 4.78 is 34.1. The summed E-state index contributed by atoms with van der Waals surface area (Å²) in [7, 11) is 1.61. The van der Waals surface area contributed by atoms with E-state index >= 15 is 0 Å². The van der Waals surface area contributed by atoms with E-state index in [2.05, 4.69) is 4.90 Å². The summed E-state index contributed by atoms with van der Waals surface area (Å²) in [6, 6.07) is 17.8. The Morgan fingerprint density at radius 3 is 2.30 bits per heavy atom. The number of aliphatic hydroxyl groups is 1. The molecule has 0 saturated carbocycles. The van der Waals surface area contributed by atoms with Crippen molar-refractivity contribution in [3.05, 3.63) is 106 Å². The van der Waals surface area contributed by atoms with Crippen LogP contribution in [-0.2, 0) is 28.6 Å². The normalized spacial score (nSPS) is 16.8. The van der Waals surface area contributed by atoms with E-state index in [-0.39, 0.29) is 29.1 Å². The van der Waals surface area contributed by atoms with Crippen molar-refractivity contribution in [2.45, 2.75) is 32.6 Å². The number of halogens is 2. The number of aliphatic hydroxyl groups excluding tert-OH is 1. The maximum absolute atomic E-state index is 14.6. The second-order valence-electron chi connectivity index (χ2n) is 8.74. The molecular formula is C29H31CoF2N3O2. The maximum Gasteiger partial charge on any atom is 0.210 e. The van der Waals surface area contributed by atoms with Gasteiger partial charge in [-0.1, -0.05) is 30.3 Å². The fourth-order valence-corrected chi connectivity index (χ4v) is 4.56. The average molecular weight is 551 g/mol. The smallest absolute Gasteiger partial charge is 0.210 e. The third kappa shape index (κ3) is 6.09. The van der Waals surface area contributed by atoms with Crippen LogP contribution in [0.4, 0.5) is 14.5 Å². The Balaban J connectivity index is 0.000000408. The molecule has 1 heterocycles. The van der Waals surface area contributed by atoms with E-state index in [0.717, 1.165) is 16.9 Å². The Morgan fingerprint density at radius 1 is 1.08 bits per heavy atom. The van der Waals surface area contributed by atoms with Gasteiger partial charge >= 0.3 is 0 Å². The van der Waals surface area contributed by atoms with Gasteiger partial charge in [0.1, 0.15) is 5.75 Å². The summed E-state index contributed by atoms with van der Waals surface area (Å²) in [5.41, 5.74) is 3.43. The Kier molecular flexibility index (Phi) is 10.2. The second-order valence-corrected chi connectivity index (χ2v) is 8.74. The first kappa shape index (κ1) is 29.7. The first-order valence-corrected chi connectivity index (χ1v) is 11.6. The molecule has 0 aliphatic carbocycles. The summed E-state index contributed by atoms with van der Waals surface area (Å²) in [6.45, 7) is 6.30. The van der Waals surface area contributed by atoms with Crippen LogP contribution in [0.5, 0.6) is 5.75 Å². The van der Waals surface area contributed by atoms with E-state index in [1.165, 1.54) is 6.21 Å². The largest absolute Gasteiger partial charge is 0.497 e. The number of methoxy groups -OCH3 is 1. The summed E-state index contributed by atoms with van der Waals surface area (Å²) in [6.07, 6.45) is 3.26. The number of hydrogen-bond donors (Lipinski definition) is 3. The molecule has 0 amide bonds. The van der Waals surface area contributed by atoms with Gasteiger partial charge in [-0.3, -0.25) is 5.41 Å². The van der Waals surface area contributed by atoms with Crippen LogP contribution in [-0.4, -0.2) is 30.9 Å². The zero-order valence-electron chi connectivity index (χ0n) is 21.2. The Hall–Kier alpha value is -3.49. The van der Waals surface area contributed by atoms with Crippen LogP contribution in [0.1, 0.15) is 36.1 Å². The van der Waals surface area contributed by atoms with Gasteiger partial charge in [-0.2, -0.15) is 0 Å². The molecule has 4 rings (SSSR count). The first-order chi connectivity index (χ1) is 17.2. The predicted molar refractivity (Wildman–Crippen MR) is 141 cm³/mol. The summed E-state index contributed by atoms with van der Waals surface area (Å²) >= 11 is 0. The monoisotopic (exact) mass is 550 g/mol. The van der Waals surface area contributed by atoms with E-state index in [1.54, 1.807) is 56.5 Å².